The van der Waals surface area contributed by atoms with Crippen molar-refractivity contribution in [3.8, 4) is 0 Å². The van der Waals surface area contributed by atoms with Gasteiger partial charge in [-0.25, -0.2) is 0 Å². The van der Waals surface area contributed by atoms with E-state index in [0.717, 1.165) is 18.4 Å². The fraction of sp³-hybridized carbons (Fsp3) is 0.429. The molecule has 0 heterocycles. The summed E-state index contributed by atoms with van der Waals surface area (Å²) in [5, 5.41) is 8.44. The van der Waals surface area contributed by atoms with Gasteiger partial charge in [0, 0.05) is 12.6 Å². The molecule has 1 aromatic carbocycles. The lowest BCUT2D eigenvalue weighted by Gasteiger charge is -2.07. The standard InChI is InChI=1S/C14H19N3O2/c18-13(9-15-12-6-7-12)17-10-14(19)16-8-11-4-2-1-3-5-11/h1-5,12,15H,6-10H2,(H,16,19)(H,17,18). The molecule has 2 amide bonds. The fourth-order valence-corrected chi connectivity index (χ4v) is 1.62. The molecule has 0 atom stereocenters. The molecular formula is C14H19N3O2. The summed E-state index contributed by atoms with van der Waals surface area (Å²) < 4.78 is 0. The molecule has 0 spiro atoms. The van der Waals surface area contributed by atoms with Gasteiger partial charge in [0.25, 0.3) is 0 Å². The molecule has 3 N–H and O–H groups in total. The summed E-state index contributed by atoms with van der Waals surface area (Å²) in [4.78, 5) is 22.9. The van der Waals surface area contributed by atoms with Crippen LogP contribution in [0.4, 0.5) is 0 Å². The maximum atomic E-state index is 11.5. The second kappa shape index (κ2) is 6.89. The van der Waals surface area contributed by atoms with Crippen LogP contribution in [0.2, 0.25) is 0 Å². The van der Waals surface area contributed by atoms with Gasteiger partial charge in [-0.1, -0.05) is 30.3 Å². The number of nitrogens with one attached hydrogen (secondary N) is 3. The van der Waals surface area contributed by atoms with E-state index in [4.69, 9.17) is 0 Å². The lowest BCUT2D eigenvalue weighted by atomic mass is 10.2. The summed E-state index contributed by atoms with van der Waals surface area (Å²) in [7, 11) is 0. The number of hydrogen-bond acceptors (Lipinski definition) is 3. The SMILES string of the molecule is O=C(CNC(=O)CNC1CC1)NCc1ccccc1. The topological polar surface area (TPSA) is 70.2 Å². The van der Waals surface area contributed by atoms with E-state index >= 15 is 0 Å². The van der Waals surface area contributed by atoms with Crippen LogP contribution in [0.1, 0.15) is 18.4 Å². The van der Waals surface area contributed by atoms with Gasteiger partial charge < -0.3 is 16.0 Å². The number of rotatable bonds is 7. The minimum Gasteiger partial charge on any atom is -0.350 e. The van der Waals surface area contributed by atoms with Crippen LogP contribution in [0.15, 0.2) is 30.3 Å². The highest BCUT2D eigenvalue weighted by Crippen LogP contribution is 2.17. The van der Waals surface area contributed by atoms with Crippen molar-refractivity contribution in [3.05, 3.63) is 35.9 Å². The predicted octanol–water partition coefficient (Wildman–Crippen LogP) is 0.171. The number of benzene rings is 1. The fourth-order valence-electron chi connectivity index (χ4n) is 1.62. The summed E-state index contributed by atoms with van der Waals surface area (Å²) in [6.45, 7) is 0.796. The Kier molecular flexibility index (Phi) is 4.92. The molecule has 0 radical (unpaired) electrons. The van der Waals surface area contributed by atoms with Crippen LogP contribution >= 0.6 is 0 Å². The van der Waals surface area contributed by atoms with E-state index in [2.05, 4.69) is 16.0 Å². The zero-order valence-corrected chi connectivity index (χ0v) is 10.8. The van der Waals surface area contributed by atoms with Crippen LogP contribution < -0.4 is 16.0 Å². The second-order valence-corrected chi connectivity index (χ2v) is 4.69. The summed E-state index contributed by atoms with van der Waals surface area (Å²) >= 11 is 0. The lowest BCUT2D eigenvalue weighted by molar-refractivity contribution is -0.125. The Bertz CT molecular complexity index is 430. The van der Waals surface area contributed by atoms with E-state index in [0.29, 0.717) is 12.6 Å². The van der Waals surface area contributed by atoms with Gasteiger partial charge in [0.2, 0.25) is 11.8 Å². The molecule has 0 aliphatic heterocycles. The van der Waals surface area contributed by atoms with Crippen LogP contribution in [-0.4, -0.2) is 30.9 Å². The Hall–Kier alpha value is -1.88. The van der Waals surface area contributed by atoms with Crippen LogP contribution in [-0.2, 0) is 16.1 Å². The van der Waals surface area contributed by atoms with E-state index < -0.39 is 0 Å². The van der Waals surface area contributed by atoms with Crippen LogP contribution in [0.25, 0.3) is 0 Å². The van der Waals surface area contributed by atoms with Crippen molar-refractivity contribution in [3.63, 3.8) is 0 Å². The van der Waals surface area contributed by atoms with Crippen LogP contribution in [0, 0.1) is 0 Å². The van der Waals surface area contributed by atoms with E-state index in [1.807, 2.05) is 30.3 Å². The number of carbonyl (C=O) groups excluding carboxylic acids is 2. The molecule has 1 aromatic rings. The normalized spacial score (nSPS) is 13.9. The molecule has 0 unspecified atom stereocenters. The summed E-state index contributed by atoms with van der Waals surface area (Å²) in [6, 6.07) is 10.2. The molecule has 2 rings (SSSR count). The smallest absolute Gasteiger partial charge is 0.239 e. The Morgan fingerprint density at radius 1 is 1.00 bits per heavy atom. The number of carbonyl (C=O) groups is 2. The van der Waals surface area contributed by atoms with Crippen molar-refractivity contribution in [2.75, 3.05) is 13.1 Å². The summed E-state index contributed by atoms with van der Waals surface area (Å²) in [5.74, 6) is -0.314. The van der Waals surface area contributed by atoms with E-state index in [-0.39, 0.29) is 24.9 Å². The van der Waals surface area contributed by atoms with Gasteiger partial charge in [-0.2, -0.15) is 0 Å². The third-order valence-electron chi connectivity index (χ3n) is 2.91. The van der Waals surface area contributed by atoms with Crippen molar-refractivity contribution in [2.45, 2.75) is 25.4 Å². The first kappa shape index (κ1) is 13.5. The third kappa shape index (κ3) is 5.52. The number of hydrogen-bond donors (Lipinski definition) is 3. The Balaban J connectivity index is 1.57. The van der Waals surface area contributed by atoms with Crippen molar-refractivity contribution in [2.24, 2.45) is 0 Å². The average Bonchev–Trinajstić information content (AvgIpc) is 3.26. The number of amides is 2. The van der Waals surface area contributed by atoms with Crippen molar-refractivity contribution in [1.82, 2.24) is 16.0 Å². The average molecular weight is 261 g/mol. The third-order valence-corrected chi connectivity index (χ3v) is 2.91. The lowest BCUT2D eigenvalue weighted by Crippen LogP contribution is -2.40. The molecule has 5 nitrogen and oxygen atoms in total. The monoisotopic (exact) mass is 261 g/mol. The molecule has 0 bridgehead atoms. The minimum atomic E-state index is -0.177. The van der Waals surface area contributed by atoms with Gasteiger partial charge in [0.05, 0.1) is 13.1 Å². The zero-order valence-electron chi connectivity index (χ0n) is 10.8. The maximum Gasteiger partial charge on any atom is 0.239 e. The Morgan fingerprint density at radius 3 is 2.37 bits per heavy atom. The van der Waals surface area contributed by atoms with Gasteiger partial charge in [-0.05, 0) is 18.4 Å². The Morgan fingerprint density at radius 2 is 1.68 bits per heavy atom. The van der Waals surface area contributed by atoms with E-state index in [1.165, 1.54) is 0 Å². The quantitative estimate of drug-likeness (QED) is 0.655. The van der Waals surface area contributed by atoms with Crippen LogP contribution in [0.3, 0.4) is 0 Å². The highest BCUT2D eigenvalue weighted by Gasteiger charge is 2.21. The van der Waals surface area contributed by atoms with E-state index in [9.17, 15) is 9.59 Å². The van der Waals surface area contributed by atoms with Crippen molar-refractivity contribution in [1.29, 1.82) is 0 Å². The van der Waals surface area contributed by atoms with Gasteiger partial charge in [-0.3, -0.25) is 9.59 Å². The Labute approximate surface area is 112 Å². The first-order chi connectivity index (χ1) is 9.24. The van der Waals surface area contributed by atoms with Gasteiger partial charge in [0.1, 0.15) is 0 Å². The first-order valence-electron chi connectivity index (χ1n) is 6.55. The minimum absolute atomic E-state index is 0.0258. The van der Waals surface area contributed by atoms with Gasteiger partial charge >= 0.3 is 0 Å². The highest BCUT2D eigenvalue weighted by molar-refractivity contribution is 5.85. The molecular weight excluding hydrogens is 242 g/mol. The first-order valence-corrected chi connectivity index (χ1v) is 6.55. The van der Waals surface area contributed by atoms with Crippen LogP contribution in [0.5, 0.6) is 0 Å². The van der Waals surface area contributed by atoms with Crippen molar-refractivity contribution < 1.29 is 9.59 Å². The molecule has 19 heavy (non-hydrogen) atoms. The molecule has 1 aliphatic carbocycles. The molecule has 102 valence electrons. The predicted molar refractivity (Wildman–Crippen MR) is 72.3 cm³/mol. The summed E-state index contributed by atoms with van der Waals surface area (Å²) in [5.41, 5.74) is 1.04. The van der Waals surface area contributed by atoms with E-state index in [1.54, 1.807) is 0 Å². The maximum absolute atomic E-state index is 11.5. The van der Waals surface area contributed by atoms with Gasteiger partial charge in [-0.15, -0.1) is 0 Å². The molecule has 0 saturated heterocycles. The molecule has 1 saturated carbocycles. The molecule has 1 aliphatic rings. The summed E-state index contributed by atoms with van der Waals surface area (Å²) in [6.07, 6.45) is 2.29. The highest BCUT2D eigenvalue weighted by atomic mass is 16.2. The van der Waals surface area contributed by atoms with Gasteiger partial charge in [0.15, 0.2) is 0 Å². The molecule has 1 fully saturated rings. The molecule has 5 heteroatoms. The second-order valence-electron chi connectivity index (χ2n) is 4.69. The van der Waals surface area contributed by atoms with Crippen molar-refractivity contribution >= 4 is 11.8 Å². The molecule has 0 aromatic heterocycles. The largest absolute Gasteiger partial charge is 0.350 e. The zero-order chi connectivity index (χ0) is 13.5.